The Balaban J connectivity index is 2.91. The first-order valence-electron chi connectivity index (χ1n) is 6.25. The van der Waals surface area contributed by atoms with Crippen molar-refractivity contribution in [3.05, 3.63) is 35.4 Å². The molecule has 1 aromatic carbocycles. The number of amides is 1. The number of nitrogens with one attached hydrogen (secondary N) is 1. The van der Waals surface area contributed by atoms with Crippen molar-refractivity contribution < 1.29 is 27.9 Å². The van der Waals surface area contributed by atoms with Gasteiger partial charge in [0.05, 0.1) is 11.6 Å². The first-order valence-corrected chi connectivity index (χ1v) is 6.25. The molecule has 0 aromatic heterocycles. The minimum Gasteiger partial charge on any atom is -0.480 e. The fraction of sp³-hybridized carbons (Fsp3) is 0.357. The number of rotatable bonds is 5. The highest BCUT2D eigenvalue weighted by molar-refractivity contribution is 5.96. The van der Waals surface area contributed by atoms with Gasteiger partial charge in [-0.25, -0.2) is 4.79 Å². The van der Waals surface area contributed by atoms with Crippen LogP contribution in [0, 0.1) is 17.2 Å². The van der Waals surface area contributed by atoms with Crippen LogP contribution in [0.25, 0.3) is 0 Å². The van der Waals surface area contributed by atoms with E-state index in [2.05, 4.69) is 5.32 Å². The largest absolute Gasteiger partial charge is 0.480 e. The fourth-order valence-electron chi connectivity index (χ4n) is 1.71. The summed E-state index contributed by atoms with van der Waals surface area (Å²) in [4.78, 5) is 22.9. The predicted octanol–water partition coefficient (Wildman–Crippen LogP) is 2.44. The minimum absolute atomic E-state index is 0.142. The summed E-state index contributed by atoms with van der Waals surface area (Å²) >= 11 is 0. The van der Waals surface area contributed by atoms with Crippen LogP contribution < -0.4 is 5.32 Å². The fourth-order valence-corrected chi connectivity index (χ4v) is 1.71. The quantitative estimate of drug-likeness (QED) is 0.873. The number of carboxylic acids is 1. The van der Waals surface area contributed by atoms with E-state index >= 15 is 0 Å². The molecule has 0 heterocycles. The van der Waals surface area contributed by atoms with Gasteiger partial charge in [-0.3, -0.25) is 4.79 Å². The summed E-state index contributed by atoms with van der Waals surface area (Å²) in [5.41, 5.74) is -1.30. The van der Waals surface area contributed by atoms with Crippen LogP contribution in [0.4, 0.5) is 13.2 Å². The number of aliphatic carboxylic acids is 1. The molecule has 1 rings (SSSR count). The first-order chi connectivity index (χ1) is 10.1. The zero-order valence-corrected chi connectivity index (χ0v) is 11.5. The van der Waals surface area contributed by atoms with Crippen molar-refractivity contribution in [2.24, 2.45) is 5.92 Å². The molecule has 5 nitrogen and oxygen atoms in total. The molecular formula is C14H13F3N2O3. The SMILES string of the molecule is C[C@@H](C#N)C[C@@H](NC(=O)c1cccc(C(F)(F)F)c1)C(=O)O. The van der Waals surface area contributed by atoms with Crippen LogP contribution in [0.1, 0.15) is 29.3 Å². The highest BCUT2D eigenvalue weighted by Crippen LogP contribution is 2.29. The van der Waals surface area contributed by atoms with Gasteiger partial charge in [-0.15, -0.1) is 0 Å². The van der Waals surface area contributed by atoms with Crippen LogP contribution in [-0.2, 0) is 11.0 Å². The third-order valence-corrected chi connectivity index (χ3v) is 2.87. The van der Waals surface area contributed by atoms with E-state index in [0.717, 1.165) is 18.2 Å². The maximum absolute atomic E-state index is 12.6. The zero-order valence-electron chi connectivity index (χ0n) is 11.5. The second kappa shape index (κ2) is 6.93. The Hall–Kier alpha value is -2.56. The van der Waals surface area contributed by atoms with Crippen molar-refractivity contribution in [2.75, 3.05) is 0 Å². The number of carbonyl (C=O) groups excluding carboxylic acids is 1. The van der Waals surface area contributed by atoms with Gasteiger partial charge < -0.3 is 10.4 Å². The number of nitrogens with zero attached hydrogens (tertiary/aromatic N) is 1. The molecule has 0 spiro atoms. The third kappa shape index (κ3) is 4.77. The maximum atomic E-state index is 12.6. The monoisotopic (exact) mass is 314 g/mol. The van der Waals surface area contributed by atoms with Gasteiger partial charge in [0.15, 0.2) is 0 Å². The van der Waals surface area contributed by atoms with Gasteiger partial charge in [0.2, 0.25) is 0 Å². The summed E-state index contributed by atoms with van der Waals surface area (Å²) in [6, 6.07) is 4.14. The van der Waals surface area contributed by atoms with E-state index in [1.807, 2.05) is 6.07 Å². The maximum Gasteiger partial charge on any atom is 0.416 e. The molecule has 0 fully saturated rings. The lowest BCUT2D eigenvalue weighted by molar-refractivity contribution is -0.140. The second-order valence-corrected chi connectivity index (χ2v) is 4.71. The van der Waals surface area contributed by atoms with E-state index in [-0.39, 0.29) is 12.0 Å². The van der Waals surface area contributed by atoms with Gasteiger partial charge >= 0.3 is 12.1 Å². The van der Waals surface area contributed by atoms with E-state index in [9.17, 15) is 22.8 Å². The van der Waals surface area contributed by atoms with Gasteiger partial charge in [0.25, 0.3) is 5.91 Å². The summed E-state index contributed by atoms with van der Waals surface area (Å²) in [7, 11) is 0. The highest BCUT2D eigenvalue weighted by Gasteiger charge is 2.31. The van der Waals surface area contributed by atoms with Crippen LogP contribution in [0.15, 0.2) is 24.3 Å². The topological polar surface area (TPSA) is 90.2 Å². The Bertz CT molecular complexity index is 608. The van der Waals surface area contributed by atoms with Crippen LogP contribution in [0.5, 0.6) is 0 Å². The Morgan fingerprint density at radius 3 is 2.55 bits per heavy atom. The van der Waals surface area contributed by atoms with Gasteiger partial charge in [-0.1, -0.05) is 6.07 Å². The molecule has 0 unspecified atom stereocenters. The molecule has 1 aromatic rings. The molecule has 8 heteroatoms. The summed E-state index contributed by atoms with van der Waals surface area (Å²) < 4.78 is 37.7. The predicted molar refractivity (Wildman–Crippen MR) is 69.7 cm³/mol. The number of hydrogen-bond acceptors (Lipinski definition) is 3. The normalized spacial score (nSPS) is 13.8. The first kappa shape index (κ1) is 17.5. The number of hydrogen-bond donors (Lipinski definition) is 2. The summed E-state index contributed by atoms with van der Waals surface area (Å²) in [6.45, 7) is 1.48. The molecule has 2 atom stereocenters. The van der Waals surface area contributed by atoms with Gasteiger partial charge in [-0.05, 0) is 31.5 Å². The number of benzene rings is 1. The molecular weight excluding hydrogens is 301 g/mol. The number of alkyl halides is 3. The number of halogens is 3. The molecule has 0 aliphatic heterocycles. The molecule has 118 valence electrons. The molecule has 2 N–H and O–H groups in total. The average molecular weight is 314 g/mol. The van der Waals surface area contributed by atoms with E-state index in [4.69, 9.17) is 10.4 Å². The van der Waals surface area contributed by atoms with Crippen molar-refractivity contribution in [1.82, 2.24) is 5.32 Å². The van der Waals surface area contributed by atoms with Gasteiger partial charge in [0, 0.05) is 11.5 Å². The molecule has 0 saturated carbocycles. The van der Waals surface area contributed by atoms with Crippen molar-refractivity contribution >= 4 is 11.9 Å². The van der Waals surface area contributed by atoms with Crippen molar-refractivity contribution in [2.45, 2.75) is 25.6 Å². The molecule has 1 amide bonds. The number of carboxylic acid groups (broad SMARTS) is 1. The smallest absolute Gasteiger partial charge is 0.416 e. The van der Waals surface area contributed by atoms with Crippen molar-refractivity contribution in [3.63, 3.8) is 0 Å². The number of carbonyl (C=O) groups is 2. The Labute approximate surface area is 124 Å². The standard InChI is InChI=1S/C14H13F3N2O3/c1-8(7-18)5-11(13(21)22)19-12(20)9-3-2-4-10(6-9)14(15,16)17/h2-4,6,8,11H,5H2,1H3,(H,19,20)(H,21,22)/t8-,11-/m1/s1. The molecule has 0 radical (unpaired) electrons. The summed E-state index contributed by atoms with van der Waals surface area (Å²) in [5.74, 6) is -2.92. The van der Waals surface area contributed by atoms with Crippen molar-refractivity contribution in [1.29, 1.82) is 5.26 Å². The van der Waals surface area contributed by atoms with Crippen LogP contribution in [-0.4, -0.2) is 23.0 Å². The molecule has 0 aliphatic rings. The van der Waals surface area contributed by atoms with Crippen LogP contribution in [0.3, 0.4) is 0 Å². The molecule has 0 saturated heterocycles. The second-order valence-electron chi connectivity index (χ2n) is 4.71. The molecule has 22 heavy (non-hydrogen) atoms. The third-order valence-electron chi connectivity index (χ3n) is 2.87. The van der Waals surface area contributed by atoms with E-state index in [0.29, 0.717) is 6.07 Å². The summed E-state index contributed by atoms with van der Waals surface area (Å²) in [5, 5.41) is 19.8. The highest BCUT2D eigenvalue weighted by atomic mass is 19.4. The van der Waals surface area contributed by atoms with E-state index in [1.54, 1.807) is 0 Å². The zero-order chi connectivity index (χ0) is 16.9. The van der Waals surface area contributed by atoms with Gasteiger partial charge in [0.1, 0.15) is 6.04 Å². The summed E-state index contributed by atoms with van der Waals surface area (Å²) in [6.07, 6.45) is -4.74. The lowest BCUT2D eigenvalue weighted by Gasteiger charge is -2.16. The van der Waals surface area contributed by atoms with Crippen LogP contribution in [0.2, 0.25) is 0 Å². The minimum atomic E-state index is -4.60. The lowest BCUT2D eigenvalue weighted by atomic mass is 10.0. The lowest BCUT2D eigenvalue weighted by Crippen LogP contribution is -2.41. The Morgan fingerprint density at radius 1 is 1.41 bits per heavy atom. The van der Waals surface area contributed by atoms with Crippen LogP contribution >= 0.6 is 0 Å². The Morgan fingerprint density at radius 2 is 2.05 bits per heavy atom. The number of nitriles is 1. The van der Waals surface area contributed by atoms with Gasteiger partial charge in [-0.2, -0.15) is 18.4 Å². The average Bonchev–Trinajstić information content (AvgIpc) is 2.45. The Kier molecular flexibility index (Phi) is 5.51. The van der Waals surface area contributed by atoms with E-state index in [1.165, 1.54) is 6.92 Å². The van der Waals surface area contributed by atoms with E-state index < -0.39 is 35.6 Å². The molecule has 0 bridgehead atoms. The molecule has 0 aliphatic carbocycles. The van der Waals surface area contributed by atoms with Crippen molar-refractivity contribution in [3.8, 4) is 6.07 Å².